The van der Waals surface area contributed by atoms with Gasteiger partial charge in [-0.25, -0.2) is 0 Å². The van der Waals surface area contributed by atoms with Gasteiger partial charge in [-0.2, -0.15) is 0 Å². The molecule has 0 bridgehead atoms. The van der Waals surface area contributed by atoms with Crippen molar-refractivity contribution in [3.8, 4) is 11.3 Å². The topological polar surface area (TPSA) is 116 Å². The summed E-state index contributed by atoms with van der Waals surface area (Å²) in [5.74, 6) is -0.458. The summed E-state index contributed by atoms with van der Waals surface area (Å²) in [4.78, 5) is 41.9. The first-order chi connectivity index (χ1) is 17.5. The number of likely N-dealkylation sites (N-methyl/N-ethyl adjacent to an activating group) is 1. The molecule has 2 fully saturated rings. The summed E-state index contributed by atoms with van der Waals surface area (Å²) in [7, 11) is 1.75. The summed E-state index contributed by atoms with van der Waals surface area (Å²) in [5.41, 5.74) is 1.49. The van der Waals surface area contributed by atoms with Crippen LogP contribution in [0, 0.1) is 5.92 Å². The molecular formula is C26H36N6O3S. The monoisotopic (exact) mass is 512 g/mol. The molecule has 4 rings (SSSR count). The van der Waals surface area contributed by atoms with Crippen molar-refractivity contribution in [2.75, 3.05) is 18.9 Å². The van der Waals surface area contributed by atoms with Crippen molar-refractivity contribution in [2.24, 2.45) is 5.92 Å². The molecule has 3 atom stereocenters. The molecule has 0 radical (unpaired) electrons. The number of hydrogen-bond donors (Lipinski definition) is 3. The molecular weight excluding hydrogens is 476 g/mol. The molecule has 9 nitrogen and oxygen atoms in total. The van der Waals surface area contributed by atoms with Crippen molar-refractivity contribution >= 4 is 34.3 Å². The number of aromatic nitrogens is 2. The van der Waals surface area contributed by atoms with Gasteiger partial charge >= 0.3 is 0 Å². The quantitative estimate of drug-likeness (QED) is 0.475. The summed E-state index contributed by atoms with van der Waals surface area (Å²) >= 11 is 1.13. The average Bonchev–Trinajstić information content (AvgIpc) is 3.59. The smallest absolute Gasteiger partial charge is 0.247 e. The number of rotatable bonds is 9. The first-order valence-corrected chi connectivity index (χ1v) is 13.8. The van der Waals surface area contributed by atoms with Gasteiger partial charge in [0.1, 0.15) is 22.8 Å². The molecule has 1 aliphatic carbocycles. The fraction of sp³-hybridized carbons (Fsp3) is 0.577. The number of hydrogen-bond acceptors (Lipinski definition) is 7. The highest BCUT2D eigenvalue weighted by Crippen LogP contribution is 2.32. The zero-order valence-electron chi connectivity index (χ0n) is 21.0. The van der Waals surface area contributed by atoms with Crippen LogP contribution in [-0.4, -0.2) is 63.9 Å². The third-order valence-corrected chi connectivity index (χ3v) is 8.01. The van der Waals surface area contributed by atoms with Gasteiger partial charge in [0, 0.05) is 23.6 Å². The van der Waals surface area contributed by atoms with Crippen LogP contribution in [-0.2, 0) is 14.4 Å². The fourth-order valence-corrected chi connectivity index (χ4v) is 5.95. The number of benzene rings is 1. The van der Waals surface area contributed by atoms with E-state index >= 15 is 0 Å². The van der Waals surface area contributed by atoms with Crippen LogP contribution in [0.1, 0.15) is 58.3 Å². The molecule has 194 valence electrons. The summed E-state index contributed by atoms with van der Waals surface area (Å²) in [6.07, 6.45) is 7.04. The van der Waals surface area contributed by atoms with E-state index in [1.54, 1.807) is 11.9 Å². The Labute approximate surface area is 216 Å². The third kappa shape index (κ3) is 5.92. The zero-order chi connectivity index (χ0) is 25.5. The van der Waals surface area contributed by atoms with E-state index in [2.05, 4.69) is 25.5 Å². The lowest BCUT2D eigenvalue weighted by atomic mass is 9.83. The van der Waals surface area contributed by atoms with Gasteiger partial charge in [0.2, 0.25) is 17.7 Å². The first kappa shape index (κ1) is 26.2. The van der Waals surface area contributed by atoms with Gasteiger partial charge in [-0.05, 0) is 45.1 Å². The van der Waals surface area contributed by atoms with Gasteiger partial charge in [0.15, 0.2) is 0 Å². The number of nitrogens with one attached hydrogen (secondary N) is 3. The van der Waals surface area contributed by atoms with Gasteiger partial charge < -0.3 is 20.9 Å². The number of anilines is 1. The zero-order valence-corrected chi connectivity index (χ0v) is 21.9. The van der Waals surface area contributed by atoms with E-state index in [0.29, 0.717) is 30.1 Å². The lowest BCUT2D eigenvalue weighted by Crippen LogP contribution is -2.58. The van der Waals surface area contributed by atoms with Crippen molar-refractivity contribution in [2.45, 2.75) is 76.4 Å². The second-order valence-corrected chi connectivity index (χ2v) is 10.4. The molecule has 0 unspecified atom stereocenters. The largest absolute Gasteiger partial charge is 0.343 e. The Morgan fingerprint density at radius 2 is 1.83 bits per heavy atom. The average molecular weight is 513 g/mol. The highest BCUT2D eigenvalue weighted by atomic mass is 32.1. The van der Waals surface area contributed by atoms with Crippen LogP contribution in [0.4, 0.5) is 5.00 Å². The van der Waals surface area contributed by atoms with Crippen LogP contribution in [0.5, 0.6) is 0 Å². The molecule has 2 aromatic rings. The van der Waals surface area contributed by atoms with Gasteiger partial charge in [0.05, 0.1) is 6.04 Å². The van der Waals surface area contributed by atoms with Crippen molar-refractivity contribution in [1.82, 2.24) is 25.1 Å². The Bertz CT molecular complexity index is 1040. The Hall–Kier alpha value is -2.85. The lowest BCUT2D eigenvalue weighted by Gasteiger charge is -2.35. The summed E-state index contributed by atoms with van der Waals surface area (Å²) in [6, 6.07) is 8.04. The second-order valence-electron chi connectivity index (χ2n) is 9.63. The maximum absolute atomic E-state index is 13.9. The summed E-state index contributed by atoms with van der Waals surface area (Å²) in [5, 5.41) is 13.8. The van der Waals surface area contributed by atoms with Gasteiger partial charge in [-0.3, -0.25) is 14.4 Å². The van der Waals surface area contributed by atoms with Crippen LogP contribution >= 0.6 is 11.5 Å². The molecule has 3 amide bonds. The second kappa shape index (κ2) is 12.4. The summed E-state index contributed by atoms with van der Waals surface area (Å²) < 4.78 is 4.03. The van der Waals surface area contributed by atoms with Crippen LogP contribution in [0.2, 0.25) is 0 Å². The number of carbonyl (C=O) groups excluding carboxylic acids is 3. The molecule has 2 heterocycles. The Morgan fingerprint density at radius 3 is 2.53 bits per heavy atom. The SMILES string of the molecule is CC[C@H](NC)C(=O)N[C@H](C(=O)N1CCC[C@H]1C(=O)Nc1snnc1-c1ccccc1)C1CCCCC1. The molecule has 0 spiro atoms. The van der Waals surface area contributed by atoms with Crippen LogP contribution in [0.3, 0.4) is 0 Å². The van der Waals surface area contributed by atoms with E-state index in [9.17, 15) is 14.4 Å². The van der Waals surface area contributed by atoms with Crippen molar-refractivity contribution in [1.29, 1.82) is 0 Å². The van der Waals surface area contributed by atoms with Gasteiger partial charge in [-0.15, -0.1) is 5.10 Å². The Kier molecular flexibility index (Phi) is 9.03. The predicted molar refractivity (Wildman–Crippen MR) is 140 cm³/mol. The van der Waals surface area contributed by atoms with Gasteiger partial charge in [0.25, 0.3) is 0 Å². The van der Waals surface area contributed by atoms with Crippen molar-refractivity contribution < 1.29 is 14.4 Å². The maximum Gasteiger partial charge on any atom is 0.247 e. The molecule has 1 saturated heterocycles. The van der Waals surface area contributed by atoms with E-state index in [1.165, 1.54) is 0 Å². The third-order valence-electron chi connectivity index (χ3n) is 7.37. The lowest BCUT2D eigenvalue weighted by molar-refractivity contribution is -0.142. The summed E-state index contributed by atoms with van der Waals surface area (Å²) in [6.45, 7) is 2.45. The highest BCUT2D eigenvalue weighted by molar-refractivity contribution is 7.10. The van der Waals surface area contributed by atoms with Crippen LogP contribution in [0.25, 0.3) is 11.3 Å². The Balaban J connectivity index is 1.50. The fourth-order valence-electron chi connectivity index (χ4n) is 5.36. The van der Waals surface area contributed by atoms with E-state index in [4.69, 9.17) is 0 Å². The molecule has 10 heteroatoms. The van der Waals surface area contributed by atoms with E-state index < -0.39 is 12.1 Å². The maximum atomic E-state index is 13.9. The van der Waals surface area contributed by atoms with Gasteiger partial charge in [-0.1, -0.05) is 61.0 Å². The molecule has 2 aliphatic rings. The van der Waals surface area contributed by atoms with Crippen LogP contribution < -0.4 is 16.0 Å². The molecule has 1 aromatic carbocycles. The van der Waals surface area contributed by atoms with E-state index in [-0.39, 0.29) is 29.7 Å². The molecule has 3 N–H and O–H groups in total. The Morgan fingerprint density at radius 1 is 1.08 bits per heavy atom. The predicted octanol–water partition coefficient (Wildman–Crippen LogP) is 3.20. The number of amides is 3. The number of carbonyl (C=O) groups is 3. The minimum atomic E-state index is -0.612. The number of likely N-dealkylation sites (tertiary alicyclic amines) is 1. The van der Waals surface area contributed by atoms with Crippen molar-refractivity contribution in [3.05, 3.63) is 30.3 Å². The molecule has 1 saturated carbocycles. The van der Waals surface area contributed by atoms with Crippen molar-refractivity contribution in [3.63, 3.8) is 0 Å². The highest BCUT2D eigenvalue weighted by Gasteiger charge is 2.41. The minimum absolute atomic E-state index is 0.0873. The van der Waals surface area contributed by atoms with Crippen LogP contribution in [0.15, 0.2) is 30.3 Å². The normalized spacial score (nSPS) is 20.1. The minimum Gasteiger partial charge on any atom is -0.343 e. The molecule has 36 heavy (non-hydrogen) atoms. The molecule has 1 aromatic heterocycles. The van der Waals surface area contributed by atoms with E-state index in [0.717, 1.165) is 55.6 Å². The standard InChI is InChI=1S/C26H36N6O3S/c1-3-19(27-2)23(33)28-22(18-13-8-5-9-14-18)26(35)32-16-10-15-20(32)24(34)29-25-21(30-31-36-25)17-11-6-4-7-12-17/h4,6-7,11-12,18-20,22,27H,3,5,8-10,13-16H2,1-2H3,(H,28,33)(H,29,34)/t19-,20-,22-/m0/s1. The first-order valence-electron chi connectivity index (χ1n) is 13.0. The molecule has 1 aliphatic heterocycles. The van der Waals surface area contributed by atoms with E-state index in [1.807, 2.05) is 37.3 Å². The number of nitrogens with zero attached hydrogens (tertiary/aromatic N) is 3.